The second kappa shape index (κ2) is 8.57. The fourth-order valence-corrected chi connectivity index (χ4v) is 3.44. The molecule has 0 amide bonds. The first-order chi connectivity index (χ1) is 13.4. The molecule has 0 bridgehead atoms. The quantitative estimate of drug-likeness (QED) is 0.387. The van der Waals surface area contributed by atoms with Gasteiger partial charge in [0, 0.05) is 14.1 Å². The van der Waals surface area contributed by atoms with Gasteiger partial charge in [0.05, 0.1) is 12.4 Å². The van der Waals surface area contributed by atoms with Crippen molar-refractivity contribution in [1.29, 1.82) is 0 Å². The minimum absolute atomic E-state index is 0.772. The molecule has 3 aromatic rings. The molecule has 0 atom stereocenters. The summed E-state index contributed by atoms with van der Waals surface area (Å²) in [6, 6.07) is 27.8. The molecule has 3 aromatic carbocycles. The highest BCUT2D eigenvalue weighted by molar-refractivity contribution is 5.52. The van der Waals surface area contributed by atoms with Crippen LogP contribution in [0.1, 0.15) is 16.7 Å². The van der Waals surface area contributed by atoms with Crippen LogP contribution in [0.3, 0.4) is 0 Å². The van der Waals surface area contributed by atoms with Crippen molar-refractivity contribution in [2.45, 2.75) is 5.60 Å². The summed E-state index contributed by atoms with van der Waals surface area (Å²) in [6.45, 7) is 0.772. The number of rotatable bonds is 7. The Balaban J connectivity index is 2.05. The van der Waals surface area contributed by atoms with Crippen LogP contribution in [-0.4, -0.2) is 49.9 Å². The molecule has 0 radical (unpaired) electrons. The molecule has 0 saturated heterocycles. The van der Waals surface area contributed by atoms with E-state index in [1.54, 1.807) is 0 Å². The molecule has 0 saturated carbocycles. The summed E-state index contributed by atoms with van der Waals surface area (Å²) >= 11 is 0. The summed E-state index contributed by atoms with van der Waals surface area (Å²) < 4.78 is 0. The van der Waals surface area contributed by atoms with Gasteiger partial charge in [0.1, 0.15) is 5.60 Å². The normalized spacial score (nSPS) is 11.8. The van der Waals surface area contributed by atoms with E-state index in [1.165, 1.54) is 0 Å². The molecule has 28 heavy (non-hydrogen) atoms. The molecule has 1 N–H and O–H groups in total. The highest BCUT2D eigenvalue weighted by Gasteiger charge is 2.33. The number of aliphatic hydroxyl groups is 1. The molecular weight excluding hydrogens is 346 g/mol. The van der Waals surface area contributed by atoms with Crippen LogP contribution in [0.4, 0.5) is 5.69 Å². The zero-order chi connectivity index (χ0) is 20.1. The smallest absolute Gasteiger partial charge is 0.140 e. The van der Waals surface area contributed by atoms with E-state index in [9.17, 15) is 5.11 Å². The van der Waals surface area contributed by atoms with Gasteiger partial charge >= 0.3 is 0 Å². The van der Waals surface area contributed by atoms with Gasteiger partial charge in [0.2, 0.25) is 0 Å². The number of anilines is 1. The van der Waals surface area contributed by atoms with E-state index >= 15 is 0 Å². The molecule has 0 aliphatic heterocycles. The van der Waals surface area contributed by atoms with Crippen LogP contribution < -0.4 is 5.01 Å². The first-order valence-electron chi connectivity index (χ1n) is 9.46. The molecule has 0 unspecified atom stereocenters. The lowest BCUT2D eigenvalue weighted by atomic mass is 9.80. The van der Waals surface area contributed by atoms with Gasteiger partial charge in [-0.15, -0.1) is 0 Å². The van der Waals surface area contributed by atoms with E-state index in [0.29, 0.717) is 0 Å². The Morgan fingerprint density at radius 1 is 0.643 bits per heavy atom. The van der Waals surface area contributed by atoms with Crippen molar-refractivity contribution < 1.29 is 5.11 Å². The van der Waals surface area contributed by atoms with Crippen LogP contribution in [0.5, 0.6) is 0 Å². The zero-order valence-electron chi connectivity index (χ0n) is 17.1. The fourth-order valence-electron chi connectivity index (χ4n) is 3.44. The maximum atomic E-state index is 11.9. The highest BCUT2D eigenvalue weighted by Crippen LogP contribution is 2.37. The first kappa shape index (κ1) is 20.1. The minimum atomic E-state index is -1.20. The third-order valence-corrected chi connectivity index (χ3v) is 4.87. The van der Waals surface area contributed by atoms with Gasteiger partial charge in [0.25, 0.3) is 0 Å². The highest BCUT2D eigenvalue weighted by atomic mass is 16.3. The van der Waals surface area contributed by atoms with Crippen LogP contribution >= 0.6 is 0 Å². The molecule has 4 nitrogen and oxygen atoms in total. The van der Waals surface area contributed by atoms with Gasteiger partial charge in [-0.1, -0.05) is 72.8 Å². The number of hydrogen-bond donors (Lipinski definition) is 1. The monoisotopic (exact) mass is 375 g/mol. The number of nitrogens with zero attached hydrogens (tertiary/aromatic N) is 3. The Kier molecular flexibility index (Phi) is 6.15. The lowest BCUT2D eigenvalue weighted by Crippen LogP contribution is -2.43. The largest absolute Gasteiger partial charge is 0.376 e. The van der Waals surface area contributed by atoms with Crippen molar-refractivity contribution in [2.75, 3.05) is 39.9 Å². The Labute approximate surface area is 168 Å². The average molecular weight is 376 g/mol. The van der Waals surface area contributed by atoms with Crippen molar-refractivity contribution in [2.24, 2.45) is 0 Å². The summed E-state index contributed by atoms with van der Waals surface area (Å²) in [4.78, 5) is 2.12. The lowest BCUT2D eigenvalue weighted by molar-refractivity contribution is 0.125. The Morgan fingerprint density at radius 3 is 1.46 bits per heavy atom. The Morgan fingerprint density at radius 2 is 1.07 bits per heavy atom. The van der Waals surface area contributed by atoms with E-state index in [0.717, 1.165) is 29.0 Å². The summed E-state index contributed by atoms with van der Waals surface area (Å²) in [5.74, 6) is 0. The molecular formula is C24H29N3O. The van der Waals surface area contributed by atoms with Crippen LogP contribution in [0.25, 0.3) is 0 Å². The second-order valence-corrected chi connectivity index (χ2v) is 7.46. The van der Waals surface area contributed by atoms with Gasteiger partial charge < -0.3 is 5.11 Å². The van der Waals surface area contributed by atoms with E-state index in [1.807, 2.05) is 86.9 Å². The molecule has 0 fully saturated rings. The molecule has 3 rings (SSSR count). The van der Waals surface area contributed by atoms with Crippen molar-refractivity contribution in [3.05, 3.63) is 102 Å². The summed E-state index contributed by atoms with van der Waals surface area (Å²) in [5.41, 5.74) is 2.42. The van der Waals surface area contributed by atoms with Gasteiger partial charge in [0.15, 0.2) is 0 Å². The Hall–Kier alpha value is -2.66. The zero-order valence-corrected chi connectivity index (χ0v) is 17.1. The number of hydrogen-bond acceptors (Lipinski definition) is 4. The van der Waals surface area contributed by atoms with Crippen LogP contribution in [-0.2, 0) is 5.60 Å². The topological polar surface area (TPSA) is 30.0 Å². The van der Waals surface area contributed by atoms with Gasteiger partial charge in [-0.05, 0) is 42.9 Å². The first-order valence-corrected chi connectivity index (χ1v) is 9.46. The predicted molar refractivity (Wildman–Crippen MR) is 116 cm³/mol. The van der Waals surface area contributed by atoms with E-state index in [-0.39, 0.29) is 0 Å². The molecule has 0 spiro atoms. The average Bonchev–Trinajstić information content (AvgIpc) is 2.72. The van der Waals surface area contributed by atoms with Crippen molar-refractivity contribution in [3.63, 3.8) is 0 Å². The molecule has 0 aliphatic carbocycles. The summed E-state index contributed by atoms with van der Waals surface area (Å²) in [6.07, 6.45) is 0. The van der Waals surface area contributed by atoms with Gasteiger partial charge in [-0.2, -0.15) is 0 Å². The molecule has 146 valence electrons. The van der Waals surface area contributed by atoms with E-state index in [2.05, 4.69) is 41.1 Å². The van der Waals surface area contributed by atoms with E-state index in [4.69, 9.17) is 0 Å². The van der Waals surface area contributed by atoms with Crippen LogP contribution in [0.15, 0.2) is 84.9 Å². The summed E-state index contributed by atoms with van der Waals surface area (Å²) in [7, 11) is 8.16. The SMILES string of the molecule is CN(C)CN(c1ccc(C(O)(c2ccccc2)c2ccccc2)cc1)N(C)C. The van der Waals surface area contributed by atoms with Crippen LogP contribution in [0, 0.1) is 0 Å². The maximum absolute atomic E-state index is 11.9. The number of hydrazine groups is 1. The third kappa shape index (κ3) is 4.09. The predicted octanol–water partition coefficient (Wildman–Crippen LogP) is 3.77. The van der Waals surface area contributed by atoms with Crippen LogP contribution in [0.2, 0.25) is 0 Å². The van der Waals surface area contributed by atoms with Crippen molar-refractivity contribution in [3.8, 4) is 0 Å². The number of benzene rings is 3. The second-order valence-electron chi connectivity index (χ2n) is 7.46. The van der Waals surface area contributed by atoms with Gasteiger partial charge in [-0.25, -0.2) is 5.01 Å². The molecule has 0 aromatic heterocycles. The molecule has 0 heterocycles. The third-order valence-electron chi connectivity index (χ3n) is 4.87. The van der Waals surface area contributed by atoms with E-state index < -0.39 is 5.60 Å². The Bertz CT molecular complexity index is 822. The molecule has 0 aliphatic rings. The maximum Gasteiger partial charge on any atom is 0.140 e. The lowest BCUT2D eigenvalue weighted by Gasteiger charge is -2.34. The summed E-state index contributed by atoms with van der Waals surface area (Å²) in [5, 5.41) is 16.1. The fraction of sp³-hybridized carbons (Fsp3) is 0.250. The van der Waals surface area contributed by atoms with Gasteiger partial charge in [-0.3, -0.25) is 9.91 Å². The minimum Gasteiger partial charge on any atom is -0.376 e. The van der Waals surface area contributed by atoms with Crippen molar-refractivity contribution >= 4 is 5.69 Å². The standard InChI is InChI=1S/C24H29N3O/c1-25(2)19-27(26(3)4)23-17-15-22(16-18-23)24(28,20-11-7-5-8-12-20)21-13-9-6-10-14-21/h5-18,28H,19H2,1-4H3. The van der Waals surface area contributed by atoms with Crippen molar-refractivity contribution in [1.82, 2.24) is 9.91 Å². The molecule has 4 heteroatoms.